The number of likely N-dealkylation sites (N-methyl/N-ethyl adjacent to an activating group) is 1. The van der Waals surface area contributed by atoms with E-state index in [1.54, 1.807) is 0 Å². The van der Waals surface area contributed by atoms with E-state index in [4.69, 9.17) is 5.26 Å². The fourth-order valence-corrected chi connectivity index (χ4v) is 2.21. The van der Waals surface area contributed by atoms with Crippen LogP contribution in [0.4, 0.5) is 0 Å². The summed E-state index contributed by atoms with van der Waals surface area (Å²) >= 11 is 0. The average molecular weight is 252 g/mol. The SMILES string of the molecule is CN(CCCC(C)(C)C#N)CCN1CCNCC1. The van der Waals surface area contributed by atoms with Crippen LogP contribution in [-0.2, 0) is 0 Å². The van der Waals surface area contributed by atoms with Crippen molar-refractivity contribution in [3.8, 4) is 6.07 Å². The number of rotatable bonds is 7. The first-order chi connectivity index (χ1) is 8.53. The van der Waals surface area contributed by atoms with Crippen molar-refractivity contribution in [2.75, 3.05) is 52.9 Å². The molecule has 1 N–H and O–H groups in total. The van der Waals surface area contributed by atoms with Crippen molar-refractivity contribution in [3.05, 3.63) is 0 Å². The molecule has 4 heteroatoms. The molecule has 1 fully saturated rings. The van der Waals surface area contributed by atoms with Crippen molar-refractivity contribution in [2.24, 2.45) is 5.41 Å². The first-order valence-electron chi connectivity index (χ1n) is 7.06. The summed E-state index contributed by atoms with van der Waals surface area (Å²) in [4.78, 5) is 4.90. The predicted octanol–water partition coefficient (Wildman–Crippen LogP) is 1.15. The second-order valence-corrected chi connectivity index (χ2v) is 5.99. The Bertz CT molecular complexity index is 263. The van der Waals surface area contributed by atoms with Crippen LogP contribution in [0.5, 0.6) is 0 Å². The van der Waals surface area contributed by atoms with Crippen LogP contribution in [0.15, 0.2) is 0 Å². The van der Waals surface area contributed by atoms with Gasteiger partial charge in [-0.05, 0) is 40.3 Å². The van der Waals surface area contributed by atoms with Gasteiger partial charge in [0, 0.05) is 39.3 Å². The molecule has 0 saturated carbocycles. The van der Waals surface area contributed by atoms with Gasteiger partial charge in [-0.1, -0.05) is 0 Å². The van der Waals surface area contributed by atoms with E-state index in [1.165, 1.54) is 19.6 Å². The number of hydrogen-bond acceptors (Lipinski definition) is 4. The standard InChI is InChI=1S/C14H28N4/c1-14(2,13-15)5-4-8-17(3)11-12-18-9-6-16-7-10-18/h16H,4-12H2,1-3H3. The lowest BCUT2D eigenvalue weighted by Gasteiger charge is -2.29. The van der Waals surface area contributed by atoms with Crippen molar-refractivity contribution in [3.63, 3.8) is 0 Å². The lowest BCUT2D eigenvalue weighted by Crippen LogP contribution is -2.46. The summed E-state index contributed by atoms with van der Waals surface area (Å²) in [6, 6.07) is 2.37. The zero-order valence-corrected chi connectivity index (χ0v) is 12.2. The lowest BCUT2D eigenvalue weighted by atomic mass is 9.90. The molecule has 0 aromatic carbocycles. The first kappa shape index (κ1) is 15.4. The maximum Gasteiger partial charge on any atom is 0.0683 e. The Morgan fingerprint density at radius 1 is 1.28 bits per heavy atom. The first-order valence-corrected chi connectivity index (χ1v) is 7.06. The zero-order chi connectivity index (χ0) is 13.4. The molecule has 1 saturated heterocycles. The molecule has 1 heterocycles. The predicted molar refractivity (Wildman–Crippen MR) is 75.4 cm³/mol. The van der Waals surface area contributed by atoms with Crippen molar-refractivity contribution in [1.29, 1.82) is 5.26 Å². The molecule has 0 aromatic heterocycles. The monoisotopic (exact) mass is 252 g/mol. The Hall–Kier alpha value is -0.630. The van der Waals surface area contributed by atoms with E-state index < -0.39 is 0 Å². The molecule has 0 bridgehead atoms. The summed E-state index contributed by atoms with van der Waals surface area (Å²) in [5, 5.41) is 12.3. The summed E-state index contributed by atoms with van der Waals surface area (Å²) in [5.74, 6) is 0. The van der Waals surface area contributed by atoms with Crippen LogP contribution in [0.1, 0.15) is 26.7 Å². The number of nitriles is 1. The molecule has 104 valence electrons. The summed E-state index contributed by atoms with van der Waals surface area (Å²) < 4.78 is 0. The molecule has 18 heavy (non-hydrogen) atoms. The van der Waals surface area contributed by atoms with Crippen LogP contribution >= 0.6 is 0 Å². The Morgan fingerprint density at radius 2 is 1.94 bits per heavy atom. The molecule has 1 rings (SSSR count). The summed E-state index contributed by atoms with van der Waals surface area (Å²) in [7, 11) is 2.18. The minimum Gasteiger partial charge on any atom is -0.314 e. The molecule has 1 aliphatic rings. The number of hydrogen-bond donors (Lipinski definition) is 1. The number of piperazine rings is 1. The second-order valence-electron chi connectivity index (χ2n) is 5.99. The summed E-state index contributed by atoms with van der Waals surface area (Å²) in [5.41, 5.74) is -0.167. The Balaban J connectivity index is 2.06. The molecule has 4 nitrogen and oxygen atoms in total. The van der Waals surface area contributed by atoms with E-state index in [0.29, 0.717) is 0 Å². The molecule has 1 aliphatic heterocycles. The molecule has 0 aromatic rings. The van der Waals surface area contributed by atoms with Crippen LogP contribution in [-0.4, -0.2) is 62.7 Å². The highest BCUT2D eigenvalue weighted by atomic mass is 15.2. The number of nitrogens with zero attached hydrogens (tertiary/aromatic N) is 3. The van der Waals surface area contributed by atoms with E-state index in [1.807, 2.05) is 13.8 Å². The summed E-state index contributed by atoms with van der Waals surface area (Å²) in [6.07, 6.45) is 2.10. The van der Waals surface area contributed by atoms with Crippen LogP contribution in [0.3, 0.4) is 0 Å². The third kappa shape index (κ3) is 6.34. The van der Waals surface area contributed by atoms with Gasteiger partial charge in [-0.2, -0.15) is 5.26 Å². The van der Waals surface area contributed by atoms with Gasteiger partial charge in [0.2, 0.25) is 0 Å². The van der Waals surface area contributed by atoms with E-state index in [2.05, 4.69) is 28.2 Å². The van der Waals surface area contributed by atoms with Gasteiger partial charge in [-0.25, -0.2) is 0 Å². The van der Waals surface area contributed by atoms with Crippen LogP contribution in [0.25, 0.3) is 0 Å². The molecular weight excluding hydrogens is 224 g/mol. The Kier molecular flexibility index (Phi) is 6.62. The smallest absolute Gasteiger partial charge is 0.0683 e. The largest absolute Gasteiger partial charge is 0.314 e. The highest BCUT2D eigenvalue weighted by Gasteiger charge is 2.16. The van der Waals surface area contributed by atoms with Gasteiger partial charge in [-0.3, -0.25) is 4.90 Å². The van der Waals surface area contributed by atoms with Crippen LogP contribution < -0.4 is 5.32 Å². The third-order valence-corrected chi connectivity index (χ3v) is 3.65. The normalized spacial score (nSPS) is 17.9. The minimum atomic E-state index is -0.167. The maximum absolute atomic E-state index is 8.96. The third-order valence-electron chi connectivity index (χ3n) is 3.65. The molecule has 0 amide bonds. The lowest BCUT2D eigenvalue weighted by molar-refractivity contribution is 0.201. The van der Waals surface area contributed by atoms with Gasteiger partial charge < -0.3 is 10.2 Å². The van der Waals surface area contributed by atoms with E-state index in [-0.39, 0.29) is 5.41 Å². The number of nitrogens with one attached hydrogen (secondary N) is 1. The fraction of sp³-hybridized carbons (Fsp3) is 0.929. The van der Waals surface area contributed by atoms with Crippen molar-refractivity contribution >= 4 is 0 Å². The molecule has 0 spiro atoms. The molecular formula is C14H28N4. The van der Waals surface area contributed by atoms with E-state index in [0.717, 1.165) is 39.0 Å². The highest BCUT2D eigenvalue weighted by Crippen LogP contribution is 2.20. The second kappa shape index (κ2) is 7.73. The zero-order valence-electron chi connectivity index (χ0n) is 12.2. The van der Waals surface area contributed by atoms with Crippen LogP contribution in [0, 0.1) is 16.7 Å². The maximum atomic E-state index is 8.96. The van der Waals surface area contributed by atoms with E-state index >= 15 is 0 Å². The van der Waals surface area contributed by atoms with Gasteiger partial charge in [0.05, 0.1) is 11.5 Å². The van der Waals surface area contributed by atoms with Gasteiger partial charge in [-0.15, -0.1) is 0 Å². The molecule has 0 unspecified atom stereocenters. The van der Waals surface area contributed by atoms with Gasteiger partial charge >= 0.3 is 0 Å². The average Bonchev–Trinajstić information content (AvgIpc) is 2.37. The fourth-order valence-electron chi connectivity index (χ4n) is 2.21. The van der Waals surface area contributed by atoms with Crippen LogP contribution in [0.2, 0.25) is 0 Å². The molecule has 0 atom stereocenters. The highest BCUT2D eigenvalue weighted by molar-refractivity contribution is 4.91. The molecule has 0 radical (unpaired) electrons. The topological polar surface area (TPSA) is 42.3 Å². The minimum absolute atomic E-state index is 0.167. The van der Waals surface area contributed by atoms with Crippen molar-refractivity contribution in [1.82, 2.24) is 15.1 Å². The summed E-state index contributed by atoms with van der Waals surface area (Å²) in [6.45, 7) is 12.0. The van der Waals surface area contributed by atoms with Gasteiger partial charge in [0.25, 0.3) is 0 Å². The molecule has 0 aliphatic carbocycles. The Morgan fingerprint density at radius 3 is 2.56 bits per heavy atom. The van der Waals surface area contributed by atoms with E-state index in [9.17, 15) is 0 Å². The van der Waals surface area contributed by atoms with Crippen molar-refractivity contribution < 1.29 is 0 Å². The quantitative estimate of drug-likeness (QED) is 0.738. The van der Waals surface area contributed by atoms with Gasteiger partial charge in [0.1, 0.15) is 0 Å². The Labute approximate surface area is 112 Å². The van der Waals surface area contributed by atoms with Gasteiger partial charge in [0.15, 0.2) is 0 Å². The van der Waals surface area contributed by atoms with Crippen molar-refractivity contribution in [2.45, 2.75) is 26.7 Å².